The molecule has 0 spiro atoms. The first-order valence-electron chi connectivity index (χ1n) is 12.4. The number of nitrogens with zero attached hydrogens (tertiary/aromatic N) is 2. The van der Waals surface area contributed by atoms with Gasteiger partial charge >= 0.3 is 21.9 Å². The first-order chi connectivity index (χ1) is 19.6. The molecule has 0 fully saturated rings. The summed E-state index contributed by atoms with van der Waals surface area (Å²) in [6.07, 6.45) is 0. The van der Waals surface area contributed by atoms with Crippen molar-refractivity contribution < 1.29 is 47.8 Å². The maximum absolute atomic E-state index is 12.2. The molecule has 12 nitrogen and oxygen atoms in total. The van der Waals surface area contributed by atoms with Crippen LogP contribution in [0.1, 0.15) is 25.4 Å². The number of carbonyl (C=O) groups excluding carboxylic acids is 2. The van der Waals surface area contributed by atoms with E-state index in [1.165, 1.54) is 60.0 Å². The normalized spacial score (nSPS) is 10.6. The van der Waals surface area contributed by atoms with Gasteiger partial charge in [0.15, 0.2) is 0 Å². The Morgan fingerprint density at radius 3 is 1.49 bits per heavy atom. The molecule has 0 aliphatic rings. The molecule has 0 aliphatic heterocycles. The zero-order chi connectivity index (χ0) is 29.5. The van der Waals surface area contributed by atoms with Gasteiger partial charge in [0.25, 0.3) is 11.9 Å². The molecule has 2 heterocycles. The van der Waals surface area contributed by atoms with Crippen molar-refractivity contribution in [1.29, 1.82) is 0 Å². The van der Waals surface area contributed by atoms with Crippen LogP contribution in [0, 0.1) is 0 Å². The largest absolute Gasteiger partial charge is 0.662 e. The zero-order valence-electron chi connectivity index (χ0n) is 22.2. The summed E-state index contributed by atoms with van der Waals surface area (Å²) in [6, 6.07) is 18.9. The molecule has 4 rings (SSSR count). The van der Waals surface area contributed by atoms with Crippen molar-refractivity contribution in [1.82, 2.24) is 0 Å². The molecule has 2 amide bonds. The zero-order valence-corrected chi connectivity index (χ0v) is 22.2. The first kappa shape index (κ1) is 29.6. The van der Waals surface area contributed by atoms with Gasteiger partial charge in [0, 0.05) is 37.4 Å². The number of hydrogen-bond donors (Lipinski definition) is 4. The Balaban J connectivity index is 1.33. The van der Waals surface area contributed by atoms with Crippen LogP contribution in [0.15, 0.2) is 81.6 Å². The summed E-state index contributed by atoms with van der Waals surface area (Å²) >= 11 is 0. The summed E-state index contributed by atoms with van der Waals surface area (Å²) < 4.78 is 22.0. The fraction of sp³-hybridized carbons (Fsp3) is 0.154. The molecule has 0 saturated carbocycles. The minimum Gasteiger partial charge on any atom is -0.499 e. The molecule has 1 radical (unpaired) electrons. The van der Waals surface area contributed by atoms with Gasteiger partial charge in [-0.2, -0.15) is 0 Å². The number of rotatable bonds is 12. The van der Waals surface area contributed by atoms with Crippen LogP contribution < -0.4 is 30.0 Å². The molecular weight excluding hydrogens is 533 g/mol. The third-order valence-electron chi connectivity index (χ3n) is 5.95. The van der Waals surface area contributed by atoms with Crippen LogP contribution in [-0.4, -0.2) is 53.8 Å². The van der Waals surface area contributed by atoms with Gasteiger partial charge in [-0.1, -0.05) is 24.3 Å². The van der Waals surface area contributed by atoms with E-state index in [0.29, 0.717) is 22.9 Å². The van der Waals surface area contributed by atoms with Gasteiger partial charge in [-0.15, -0.1) is 0 Å². The number of amides is 2. The number of anilines is 2. The maximum atomic E-state index is 12.2. The van der Waals surface area contributed by atoms with Crippen molar-refractivity contribution in [2.45, 2.75) is 26.9 Å². The van der Waals surface area contributed by atoms with Crippen LogP contribution >= 0.6 is 0 Å². The Kier molecular flexibility index (Phi) is 9.58. The maximum Gasteiger partial charge on any atom is 0.662 e. The minimum atomic E-state index is -1.67. The molecule has 0 bridgehead atoms. The van der Waals surface area contributed by atoms with E-state index in [-0.39, 0.29) is 47.7 Å². The van der Waals surface area contributed by atoms with Crippen LogP contribution in [0.3, 0.4) is 0 Å². The number of hydrogen-bond acceptors (Lipinski definition) is 10. The number of furan rings is 2. The second-order valence-electron chi connectivity index (χ2n) is 8.92. The standard InChI is InChI=1S/C26H26B3N2O10/c1-17(32)30(21-7-3-5-19(13-21)28(34)35)15-23-9-11-25(38-23)40-27-41-26-12-10-24(39-26)16-31(18(2)33)22-8-4-6-20(14-22)29(36)37/h3-14,34-37H,15-16H2,1-2H3. The summed E-state index contributed by atoms with van der Waals surface area (Å²) in [6.45, 7) is 2.90. The number of carbonyl (C=O) groups is 2. The van der Waals surface area contributed by atoms with E-state index in [4.69, 9.17) is 18.1 Å². The van der Waals surface area contributed by atoms with Crippen LogP contribution in [-0.2, 0) is 22.7 Å². The van der Waals surface area contributed by atoms with Crippen LogP contribution in [0.5, 0.6) is 11.9 Å². The van der Waals surface area contributed by atoms with E-state index >= 15 is 0 Å². The van der Waals surface area contributed by atoms with Crippen LogP contribution in [0.25, 0.3) is 0 Å². The Labute approximate surface area is 236 Å². The third-order valence-corrected chi connectivity index (χ3v) is 5.95. The van der Waals surface area contributed by atoms with Crippen molar-refractivity contribution in [3.63, 3.8) is 0 Å². The minimum absolute atomic E-state index is 0.0683. The van der Waals surface area contributed by atoms with E-state index < -0.39 is 14.2 Å². The summed E-state index contributed by atoms with van der Waals surface area (Å²) in [5.41, 5.74) is 1.42. The monoisotopic (exact) mass is 559 g/mol. The molecule has 0 atom stereocenters. The first-order valence-corrected chi connectivity index (χ1v) is 12.4. The van der Waals surface area contributed by atoms with Crippen LogP contribution in [0.4, 0.5) is 11.4 Å². The van der Waals surface area contributed by atoms with Crippen molar-refractivity contribution in [2.24, 2.45) is 0 Å². The molecule has 2 aromatic carbocycles. The average Bonchev–Trinajstić information content (AvgIpc) is 3.59. The van der Waals surface area contributed by atoms with Gasteiger partial charge in [0.05, 0.1) is 13.1 Å². The fourth-order valence-corrected chi connectivity index (χ4v) is 3.92. The van der Waals surface area contributed by atoms with Crippen molar-refractivity contribution in [3.05, 3.63) is 84.3 Å². The van der Waals surface area contributed by atoms with E-state index in [1.807, 2.05) is 0 Å². The van der Waals surface area contributed by atoms with Gasteiger partial charge in [0.1, 0.15) is 11.5 Å². The summed E-state index contributed by atoms with van der Waals surface area (Å²) in [5, 5.41) is 37.7. The summed E-state index contributed by atoms with van der Waals surface area (Å²) in [4.78, 5) is 27.3. The highest BCUT2D eigenvalue weighted by Gasteiger charge is 2.20. The number of benzene rings is 2. The average molecular weight is 559 g/mol. The van der Waals surface area contributed by atoms with E-state index in [1.54, 1.807) is 36.4 Å². The molecule has 2 aromatic heterocycles. The topological polar surface area (TPSA) is 166 Å². The Morgan fingerprint density at radius 1 is 0.707 bits per heavy atom. The fourth-order valence-electron chi connectivity index (χ4n) is 3.92. The van der Waals surface area contributed by atoms with E-state index in [2.05, 4.69) is 0 Å². The Hall–Kier alpha value is -4.43. The molecule has 0 unspecified atom stereocenters. The van der Waals surface area contributed by atoms with Gasteiger partial charge in [-0.25, -0.2) is 0 Å². The SMILES string of the molecule is CC(=O)N(Cc1ccc(O[B]Oc2ccc(CN(C(C)=O)c3cccc(B(O)O)c3)o2)o1)c1cccc(B(O)O)c1. The molecule has 0 aliphatic carbocycles. The predicted molar refractivity (Wildman–Crippen MR) is 151 cm³/mol. The highest BCUT2D eigenvalue weighted by Crippen LogP contribution is 2.23. The van der Waals surface area contributed by atoms with Gasteiger partial charge in [0.2, 0.25) is 11.8 Å². The lowest BCUT2D eigenvalue weighted by molar-refractivity contribution is -0.117. The smallest absolute Gasteiger partial charge is 0.499 e. The second kappa shape index (κ2) is 13.3. The lowest BCUT2D eigenvalue weighted by atomic mass is 9.80. The molecular formula is C26H26B3N2O10. The Morgan fingerprint density at radius 2 is 1.12 bits per heavy atom. The lowest BCUT2D eigenvalue weighted by Crippen LogP contribution is -2.33. The molecule has 4 aromatic rings. The van der Waals surface area contributed by atoms with E-state index in [9.17, 15) is 29.7 Å². The van der Waals surface area contributed by atoms with Crippen LogP contribution in [0.2, 0.25) is 0 Å². The molecule has 0 saturated heterocycles. The van der Waals surface area contributed by atoms with Crippen molar-refractivity contribution in [2.75, 3.05) is 9.80 Å². The van der Waals surface area contributed by atoms with E-state index in [0.717, 1.165) is 7.69 Å². The molecule has 209 valence electrons. The highest BCUT2D eigenvalue weighted by molar-refractivity contribution is 6.59. The van der Waals surface area contributed by atoms with Gasteiger partial charge < -0.3 is 48.0 Å². The second-order valence-corrected chi connectivity index (χ2v) is 8.92. The molecule has 41 heavy (non-hydrogen) atoms. The van der Waals surface area contributed by atoms with Gasteiger partial charge in [-0.05, 0) is 47.3 Å². The van der Waals surface area contributed by atoms with Crippen molar-refractivity contribution in [3.8, 4) is 11.9 Å². The molecule has 4 N–H and O–H groups in total. The summed E-state index contributed by atoms with van der Waals surface area (Å²) in [5.74, 6) is 0.423. The predicted octanol–water partition coefficient (Wildman–Crippen LogP) is 0.330. The highest BCUT2D eigenvalue weighted by atomic mass is 16.7. The van der Waals surface area contributed by atoms with Crippen molar-refractivity contribution >= 4 is 56.0 Å². The molecule has 15 heteroatoms. The quantitative estimate of drug-likeness (QED) is 0.178. The Bertz CT molecular complexity index is 1380. The third kappa shape index (κ3) is 7.83. The summed E-state index contributed by atoms with van der Waals surface area (Å²) in [7, 11) is -2.34. The van der Waals surface area contributed by atoms with Gasteiger partial charge in [-0.3, -0.25) is 9.59 Å². The lowest BCUT2D eigenvalue weighted by Gasteiger charge is -2.20.